The minimum absolute atomic E-state index is 0.0418. The lowest BCUT2D eigenvalue weighted by Crippen LogP contribution is -2.43. The van der Waals surface area contributed by atoms with E-state index < -0.39 is 0 Å². The first kappa shape index (κ1) is 15.0. The summed E-state index contributed by atoms with van der Waals surface area (Å²) in [5.74, 6) is 0. The van der Waals surface area contributed by atoms with Crippen LogP contribution >= 0.6 is 0 Å². The van der Waals surface area contributed by atoms with Crippen molar-refractivity contribution in [3.05, 3.63) is 17.5 Å². The minimum Gasteiger partial charge on any atom is -0.368 e. The molecule has 3 heterocycles. The number of likely N-dealkylation sites (N-methyl/N-ethyl adjacent to an activating group) is 1. The SMILES string of the molecule is CN1CCn2ncc(CNC3CC(C)(C)OC3(C)C)c2C1. The summed E-state index contributed by atoms with van der Waals surface area (Å²) in [4.78, 5) is 2.35. The first-order chi connectivity index (χ1) is 9.77. The van der Waals surface area contributed by atoms with E-state index in [4.69, 9.17) is 4.74 Å². The molecule has 0 saturated carbocycles. The van der Waals surface area contributed by atoms with Crippen molar-refractivity contribution in [1.82, 2.24) is 20.0 Å². The Labute approximate surface area is 127 Å². The molecule has 0 amide bonds. The van der Waals surface area contributed by atoms with Gasteiger partial charge in [0.2, 0.25) is 0 Å². The molecule has 1 saturated heterocycles. The second-order valence-electron chi connectivity index (χ2n) is 7.68. The number of aromatic nitrogens is 2. The summed E-state index contributed by atoms with van der Waals surface area (Å²) in [5, 5.41) is 8.22. The molecule has 2 aliphatic rings. The lowest BCUT2D eigenvalue weighted by Gasteiger charge is -2.28. The highest BCUT2D eigenvalue weighted by Gasteiger charge is 2.45. The Hall–Kier alpha value is -0.910. The van der Waals surface area contributed by atoms with E-state index >= 15 is 0 Å². The Morgan fingerprint density at radius 2 is 2.10 bits per heavy atom. The molecule has 0 spiro atoms. The molecular formula is C16H28N4O. The quantitative estimate of drug-likeness (QED) is 0.922. The van der Waals surface area contributed by atoms with E-state index in [-0.39, 0.29) is 11.2 Å². The third-order valence-electron chi connectivity index (χ3n) is 4.76. The first-order valence-corrected chi connectivity index (χ1v) is 7.92. The number of nitrogens with one attached hydrogen (secondary N) is 1. The van der Waals surface area contributed by atoms with Crippen LogP contribution in [0.2, 0.25) is 0 Å². The van der Waals surface area contributed by atoms with Crippen molar-refractivity contribution in [3.63, 3.8) is 0 Å². The van der Waals surface area contributed by atoms with Crippen LogP contribution < -0.4 is 5.32 Å². The lowest BCUT2D eigenvalue weighted by molar-refractivity contribution is -0.0699. The number of fused-ring (bicyclic) bond motifs is 1. The summed E-state index contributed by atoms with van der Waals surface area (Å²) < 4.78 is 8.31. The maximum Gasteiger partial charge on any atom is 0.0787 e. The fraction of sp³-hybridized carbons (Fsp3) is 0.812. The second kappa shape index (κ2) is 5.07. The third kappa shape index (κ3) is 3.00. The van der Waals surface area contributed by atoms with E-state index in [2.05, 4.69) is 54.7 Å². The molecule has 1 aromatic heterocycles. The van der Waals surface area contributed by atoms with Gasteiger partial charge in [0.1, 0.15) is 0 Å². The molecule has 5 heteroatoms. The van der Waals surface area contributed by atoms with Gasteiger partial charge in [-0.25, -0.2) is 0 Å². The van der Waals surface area contributed by atoms with E-state index in [1.807, 2.05) is 6.20 Å². The Morgan fingerprint density at radius 1 is 1.33 bits per heavy atom. The average molecular weight is 292 g/mol. The Kier molecular flexibility index (Phi) is 3.62. The van der Waals surface area contributed by atoms with Crippen LogP contribution in [0.3, 0.4) is 0 Å². The maximum atomic E-state index is 6.16. The molecule has 1 N–H and O–H groups in total. The number of ether oxygens (including phenoxy) is 1. The predicted octanol–water partition coefficient (Wildman–Crippen LogP) is 1.76. The Balaban J connectivity index is 1.68. The van der Waals surface area contributed by atoms with Gasteiger partial charge in [0.15, 0.2) is 0 Å². The summed E-state index contributed by atoms with van der Waals surface area (Å²) in [6.45, 7) is 12.7. The molecule has 5 nitrogen and oxygen atoms in total. The van der Waals surface area contributed by atoms with Crippen molar-refractivity contribution in [2.24, 2.45) is 0 Å². The predicted molar refractivity (Wildman–Crippen MR) is 83.0 cm³/mol. The zero-order valence-corrected chi connectivity index (χ0v) is 13.9. The van der Waals surface area contributed by atoms with E-state index in [1.165, 1.54) is 11.3 Å². The second-order valence-corrected chi connectivity index (χ2v) is 7.68. The standard InChI is InChI=1S/C16H28N4O/c1-15(2)8-14(16(3,4)21-15)17-9-12-10-18-20-7-6-19(5)11-13(12)20/h10,14,17H,6-9,11H2,1-5H3. The van der Waals surface area contributed by atoms with Crippen LogP contribution in [0, 0.1) is 0 Å². The maximum absolute atomic E-state index is 6.16. The van der Waals surface area contributed by atoms with Crippen LogP contribution in [0.1, 0.15) is 45.4 Å². The van der Waals surface area contributed by atoms with Gasteiger partial charge in [-0.1, -0.05) is 0 Å². The van der Waals surface area contributed by atoms with Crippen molar-refractivity contribution in [2.45, 2.75) is 71.0 Å². The van der Waals surface area contributed by atoms with Crippen LogP contribution in [0.5, 0.6) is 0 Å². The van der Waals surface area contributed by atoms with Crippen LogP contribution in [0.4, 0.5) is 0 Å². The van der Waals surface area contributed by atoms with Gasteiger partial charge in [-0.3, -0.25) is 9.58 Å². The molecule has 21 heavy (non-hydrogen) atoms. The highest BCUT2D eigenvalue weighted by atomic mass is 16.5. The van der Waals surface area contributed by atoms with Crippen molar-refractivity contribution in [1.29, 1.82) is 0 Å². The van der Waals surface area contributed by atoms with Gasteiger partial charge in [-0.2, -0.15) is 5.10 Å². The highest BCUT2D eigenvalue weighted by Crippen LogP contribution is 2.37. The van der Waals surface area contributed by atoms with Gasteiger partial charge >= 0.3 is 0 Å². The zero-order valence-electron chi connectivity index (χ0n) is 13.9. The summed E-state index contributed by atoms with van der Waals surface area (Å²) >= 11 is 0. The normalized spacial score (nSPS) is 27.8. The van der Waals surface area contributed by atoms with Crippen molar-refractivity contribution < 1.29 is 4.74 Å². The zero-order chi connectivity index (χ0) is 15.3. The lowest BCUT2D eigenvalue weighted by atomic mass is 9.94. The smallest absolute Gasteiger partial charge is 0.0787 e. The van der Waals surface area contributed by atoms with Crippen LogP contribution in [-0.2, 0) is 24.4 Å². The van der Waals surface area contributed by atoms with Crippen molar-refractivity contribution in [2.75, 3.05) is 13.6 Å². The van der Waals surface area contributed by atoms with Crippen LogP contribution in [0.15, 0.2) is 6.20 Å². The largest absolute Gasteiger partial charge is 0.368 e. The fourth-order valence-electron chi connectivity index (χ4n) is 3.69. The highest BCUT2D eigenvalue weighted by molar-refractivity contribution is 5.19. The molecule has 0 aromatic carbocycles. The number of nitrogens with zero attached hydrogens (tertiary/aromatic N) is 3. The Bertz CT molecular complexity index is 520. The molecule has 1 aromatic rings. The third-order valence-corrected chi connectivity index (χ3v) is 4.76. The van der Waals surface area contributed by atoms with Crippen molar-refractivity contribution >= 4 is 0 Å². The first-order valence-electron chi connectivity index (χ1n) is 7.92. The van der Waals surface area contributed by atoms with Gasteiger partial charge in [0.05, 0.1) is 29.6 Å². The monoisotopic (exact) mass is 292 g/mol. The van der Waals surface area contributed by atoms with Crippen molar-refractivity contribution in [3.8, 4) is 0 Å². The average Bonchev–Trinajstić information content (AvgIpc) is 2.84. The molecule has 2 aliphatic heterocycles. The molecule has 0 aliphatic carbocycles. The molecule has 3 rings (SSSR count). The van der Waals surface area contributed by atoms with E-state index in [0.29, 0.717) is 6.04 Å². The van der Waals surface area contributed by atoms with Crippen LogP contribution in [0.25, 0.3) is 0 Å². The molecule has 1 fully saturated rings. The summed E-state index contributed by atoms with van der Waals surface area (Å²) in [7, 11) is 2.17. The number of rotatable bonds is 3. The topological polar surface area (TPSA) is 42.3 Å². The number of hydrogen-bond acceptors (Lipinski definition) is 4. The fourth-order valence-corrected chi connectivity index (χ4v) is 3.69. The molecule has 118 valence electrons. The summed E-state index contributed by atoms with van der Waals surface area (Å²) in [5.41, 5.74) is 2.52. The molecule has 1 unspecified atom stereocenters. The minimum atomic E-state index is -0.118. The van der Waals surface area contributed by atoms with Gasteiger partial charge in [0.25, 0.3) is 0 Å². The van der Waals surface area contributed by atoms with Gasteiger partial charge in [-0.05, 0) is 41.2 Å². The van der Waals surface area contributed by atoms with Crippen LogP contribution in [-0.4, -0.2) is 45.5 Å². The number of hydrogen-bond donors (Lipinski definition) is 1. The van der Waals surface area contributed by atoms with Gasteiger partial charge < -0.3 is 10.1 Å². The van der Waals surface area contributed by atoms with E-state index in [1.54, 1.807) is 0 Å². The molecule has 0 bridgehead atoms. The molecular weight excluding hydrogens is 264 g/mol. The van der Waals surface area contributed by atoms with E-state index in [0.717, 1.165) is 32.6 Å². The van der Waals surface area contributed by atoms with Gasteiger partial charge in [0, 0.05) is 31.2 Å². The molecule has 0 radical (unpaired) electrons. The van der Waals surface area contributed by atoms with E-state index in [9.17, 15) is 0 Å². The summed E-state index contributed by atoms with van der Waals surface area (Å²) in [6.07, 6.45) is 3.07. The molecule has 1 atom stereocenters. The Morgan fingerprint density at radius 3 is 2.76 bits per heavy atom. The van der Waals surface area contributed by atoms with Gasteiger partial charge in [-0.15, -0.1) is 0 Å². The summed E-state index contributed by atoms with van der Waals surface area (Å²) in [6, 6.07) is 0.379.